The summed E-state index contributed by atoms with van der Waals surface area (Å²) in [4.78, 5) is 30.2. The number of benzene rings is 2. The summed E-state index contributed by atoms with van der Waals surface area (Å²) in [5.41, 5.74) is 9.35. The fourth-order valence-electron chi connectivity index (χ4n) is 3.53. The van der Waals surface area contributed by atoms with Crippen LogP contribution in [0, 0.1) is 18.8 Å². The third-order valence-corrected chi connectivity index (χ3v) is 5.15. The molecule has 160 valence electrons. The number of unbranched alkanes of at least 4 members (excludes halogenated alkanes) is 2. The van der Waals surface area contributed by atoms with E-state index < -0.39 is 0 Å². The first-order chi connectivity index (χ1) is 15.5. The Morgan fingerprint density at radius 3 is 2.41 bits per heavy atom. The van der Waals surface area contributed by atoms with Crippen molar-refractivity contribution >= 4 is 24.0 Å². The zero-order chi connectivity index (χ0) is 22.5. The molecule has 2 N–H and O–H groups in total. The number of carbonyl (C=O) groups is 2. The molecule has 32 heavy (non-hydrogen) atoms. The SMILES string of the molecule is Cc1cn(N=Cc2ccccc2C#CCCCCN2C(=O)c3ccccc3C2=O)c(N)n1. The van der Waals surface area contributed by atoms with Gasteiger partial charge in [-0.2, -0.15) is 5.10 Å². The Labute approximate surface area is 186 Å². The number of aryl methyl sites for hydroxylation is 1. The van der Waals surface area contributed by atoms with Gasteiger partial charge in [-0.25, -0.2) is 9.66 Å². The van der Waals surface area contributed by atoms with Crippen LogP contribution < -0.4 is 5.73 Å². The van der Waals surface area contributed by atoms with Crippen molar-refractivity contribution in [2.45, 2.75) is 26.2 Å². The molecule has 4 rings (SSSR count). The Bertz CT molecular complexity index is 1230. The van der Waals surface area contributed by atoms with Crippen LogP contribution in [0.2, 0.25) is 0 Å². The molecule has 3 aromatic rings. The van der Waals surface area contributed by atoms with Crippen LogP contribution in [0.3, 0.4) is 0 Å². The minimum absolute atomic E-state index is 0.210. The number of rotatable bonds is 6. The molecule has 2 aromatic carbocycles. The number of anilines is 1. The van der Waals surface area contributed by atoms with Gasteiger partial charge in [-0.15, -0.1) is 0 Å². The summed E-state index contributed by atoms with van der Waals surface area (Å²) in [6.45, 7) is 2.26. The number of nitrogen functional groups attached to an aromatic ring is 1. The second-order valence-corrected chi connectivity index (χ2v) is 7.48. The molecular formula is C25H23N5O2. The quantitative estimate of drug-likeness (QED) is 0.283. The zero-order valence-electron chi connectivity index (χ0n) is 17.8. The lowest BCUT2D eigenvalue weighted by Gasteiger charge is -2.12. The number of aromatic nitrogens is 2. The number of imide groups is 1. The smallest absolute Gasteiger partial charge is 0.261 e. The highest BCUT2D eigenvalue weighted by Gasteiger charge is 2.34. The maximum Gasteiger partial charge on any atom is 0.261 e. The Morgan fingerprint density at radius 2 is 1.72 bits per heavy atom. The van der Waals surface area contributed by atoms with E-state index in [0.717, 1.165) is 23.2 Å². The molecule has 1 aliphatic rings. The van der Waals surface area contributed by atoms with Crippen molar-refractivity contribution in [2.75, 3.05) is 12.3 Å². The van der Waals surface area contributed by atoms with Gasteiger partial charge in [0.25, 0.3) is 11.8 Å². The first-order valence-electron chi connectivity index (χ1n) is 10.4. The maximum atomic E-state index is 12.4. The van der Waals surface area contributed by atoms with Crippen LogP contribution in [0.1, 0.15) is 56.8 Å². The molecule has 0 saturated heterocycles. The molecule has 2 heterocycles. The first kappa shape index (κ1) is 21.1. The van der Waals surface area contributed by atoms with Gasteiger partial charge in [0.1, 0.15) is 0 Å². The molecule has 1 aliphatic heterocycles. The average Bonchev–Trinajstić information content (AvgIpc) is 3.25. The fraction of sp³-hybridized carbons (Fsp3) is 0.200. The Kier molecular flexibility index (Phi) is 6.13. The van der Waals surface area contributed by atoms with Crippen molar-refractivity contribution in [2.24, 2.45) is 5.10 Å². The lowest BCUT2D eigenvalue weighted by Crippen LogP contribution is -2.30. The predicted octanol–water partition coefficient (Wildman–Crippen LogP) is 3.47. The van der Waals surface area contributed by atoms with Crippen LogP contribution in [-0.2, 0) is 0 Å². The summed E-state index contributed by atoms with van der Waals surface area (Å²) < 4.78 is 1.53. The van der Waals surface area contributed by atoms with Crippen LogP contribution >= 0.6 is 0 Å². The molecule has 0 atom stereocenters. The summed E-state index contributed by atoms with van der Waals surface area (Å²) in [5.74, 6) is 6.28. The van der Waals surface area contributed by atoms with Crippen molar-refractivity contribution in [1.82, 2.24) is 14.6 Å². The highest BCUT2D eigenvalue weighted by molar-refractivity contribution is 6.21. The normalized spacial score (nSPS) is 12.8. The molecule has 1 aromatic heterocycles. The highest BCUT2D eigenvalue weighted by atomic mass is 16.2. The number of fused-ring (bicyclic) bond motifs is 1. The van der Waals surface area contributed by atoms with Crippen molar-refractivity contribution in [3.8, 4) is 11.8 Å². The largest absolute Gasteiger partial charge is 0.368 e. The standard InChI is InChI=1S/C25H23N5O2/c1-18-17-30(25(26)28-18)27-16-20-12-6-5-11-19(20)10-4-2-3-9-15-29-23(31)21-13-7-8-14-22(21)24(29)32/h5-8,11-14,16-17H,2-3,9,15H2,1H3,(H2,26,28). The Balaban J connectivity index is 1.31. The van der Waals surface area contributed by atoms with Gasteiger partial charge in [-0.3, -0.25) is 14.5 Å². The number of nitrogens with two attached hydrogens (primary N) is 1. The van der Waals surface area contributed by atoms with Gasteiger partial charge in [0.15, 0.2) is 0 Å². The van der Waals surface area contributed by atoms with Gasteiger partial charge in [0.05, 0.1) is 29.2 Å². The summed E-state index contributed by atoms with van der Waals surface area (Å²) in [6.07, 6.45) is 5.64. The number of hydrogen-bond donors (Lipinski definition) is 1. The average molecular weight is 425 g/mol. The number of nitrogens with zero attached hydrogens (tertiary/aromatic N) is 4. The van der Waals surface area contributed by atoms with E-state index in [1.165, 1.54) is 9.58 Å². The molecule has 0 spiro atoms. The minimum Gasteiger partial charge on any atom is -0.368 e. The van der Waals surface area contributed by atoms with Crippen molar-refractivity contribution < 1.29 is 9.59 Å². The second kappa shape index (κ2) is 9.31. The Morgan fingerprint density at radius 1 is 1.03 bits per heavy atom. The topological polar surface area (TPSA) is 93.6 Å². The van der Waals surface area contributed by atoms with Gasteiger partial charge in [0.2, 0.25) is 5.95 Å². The zero-order valence-corrected chi connectivity index (χ0v) is 17.8. The molecule has 0 bridgehead atoms. The summed E-state index contributed by atoms with van der Waals surface area (Å²) in [7, 11) is 0. The van der Waals surface area contributed by atoms with Crippen molar-refractivity contribution in [3.05, 3.63) is 82.7 Å². The summed E-state index contributed by atoms with van der Waals surface area (Å²) in [6, 6.07) is 14.7. The summed E-state index contributed by atoms with van der Waals surface area (Å²) >= 11 is 0. The van der Waals surface area contributed by atoms with Gasteiger partial charge < -0.3 is 5.73 Å². The van der Waals surface area contributed by atoms with Crippen LogP contribution in [0.25, 0.3) is 0 Å². The van der Waals surface area contributed by atoms with Crippen molar-refractivity contribution in [3.63, 3.8) is 0 Å². The molecular weight excluding hydrogens is 402 g/mol. The van der Waals surface area contributed by atoms with Crippen molar-refractivity contribution in [1.29, 1.82) is 0 Å². The second-order valence-electron chi connectivity index (χ2n) is 7.48. The van der Waals surface area contributed by atoms with E-state index in [-0.39, 0.29) is 11.8 Å². The molecule has 7 heteroatoms. The molecule has 0 saturated carbocycles. The van der Waals surface area contributed by atoms with Crippen LogP contribution in [0.15, 0.2) is 59.8 Å². The number of amides is 2. The van der Waals surface area contributed by atoms with E-state index in [1.54, 1.807) is 36.7 Å². The van der Waals surface area contributed by atoms with E-state index >= 15 is 0 Å². The number of imidazole rings is 1. The highest BCUT2D eigenvalue weighted by Crippen LogP contribution is 2.22. The lowest BCUT2D eigenvalue weighted by atomic mass is 10.1. The van der Waals surface area contributed by atoms with Crippen LogP contribution in [-0.4, -0.2) is 39.1 Å². The van der Waals surface area contributed by atoms with Gasteiger partial charge >= 0.3 is 0 Å². The van der Waals surface area contributed by atoms with E-state index in [0.29, 0.717) is 36.5 Å². The van der Waals surface area contributed by atoms with E-state index in [1.807, 2.05) is 31.2 Å². The van der Waals surface area contributed by atoms with Gasteiger partial charge in [-0.1, -0.05) is 42.2 Å². The van der Waals surface area contributed by atoms with Gasteiger partial charge in [0, 0.05) is 24.1 Å². The lowest BCUT2D eigenvalue weighted by molar-refractivity contribution is 0.0652. The fourth-order valence-corrected chi connectivity index (χ4v) is 3.53. The molecule has 0 aliphatic carbocycles. The molecule has 2 amide bonds. The predicted molar refractivity (Wildman–Crippen MR) is 123 cm³/mol. The molecule has 0 radical (unpaired) electrons. The summed E-state index contributed by atoms with van der Waals surface area (Å²) in [5, 5.41) is 4.36. The third-order valence-electron chi connectivity index (χ3n) is 5.15. The van der Waals surface area contributed by atoms with E-state index in [2.05, 4.69) is 21.9 Å². The Hall–Kier alpha value is -4.18. The minimum atomic E-state index is -0.210. The number of hydrogen-bond acceptors (Lipinski definition) is 5. The maximum absolute atomic E-state index is 12.4. The first-order valence-corrected chi connectivity index (χ1v) is 10.4. The van der Waals surface area contributed by atoms with Crippen LogP contribution in [0.4, 0.5) is 5.95 Å². The van der Waals surface area contributed by atoms with E-state index in [4.69, 9.17) is 5.73 Å². The third kappa shape index (κ3) is 4.44. The number of carbonyl (C=O) groups excluding carboxylic acids is 2. The molecule has 7 nitrogen and oxygen atoms in total. The monoisotopic (exact) mass is 425 g/mol. The van der Waals surface area contributed by atoms with Crippen LogP contribution in [0.5, 0.6) is 0 Å². The van der Waals surface area contributed by atoms with Gasteiger partial charge in [-0.05, 0) is 38.0 Å². The molecule has 0 fully saturated rings. The molecule has 0 unspecified atom stereocenters. The van der Waals surface area contributed by atoms with E-state index in [9.17, 15) is 9.59 Å².